The predicted octanol–water partition coefficient (Wildman–Crippen LogP) is 5.40. The SMILES string of the molecule is CC1=C(C(=O)Nc2ccc(C)cc2)C(c2ccc(OCc3cccc(C)c3)cc2)n2ncnc2N1. The van der Waals surface area contributed by atoms with Crippen LogP contribution in [-0.2, 0) is 11.4 Å². The van der Waals surface area contributed by atoms with E-state index in [1.165, 1.54) is 11.9 Å². The van der Waals surface area contributed by atoms with Gasteiger partial charge in [-0.2, -0.15) is 10.1 Å². The number of fused-ring (bicyclic) bond motifs is 1. The fraction of sp³-hybridized carbons (Fsp3) is 0.179. The number of aryl methyl sites for hydroxylation is 2. The van der Waals surface area contributed by atoms with Crippen molar-refractivity contribution in [2.24, 2.45) is 0 Å². The third kappa shape index (κ3) is 4.80. The number of nitrogens with one attached hydrogen (secondary N) is 2. The summed E-state index contributed by atoms with van der Waals surface area (Å²) >= 11 is 0. The van der Waals surface area contributed by atoms with Gasteiger partial charge in [-0.3, -0.25) is 4.79 Å². The topological polar surface area (TPSA) is 81.1 Å². The second-order valence-corrected chi connectivity index (χ2v) is 8.76. The molecule has 0 bridgehead atoms. The molecule has 35 heavy (non-hydrogen) atoms. The van der Waals surface area contributed by atoms with E-state index in [1.807, 2.05) is 68.4 Å². The van der Waals surface area contributed by atoms with Crippen molar-refractivity contribution in [1.82, 2.24) is 14.8 Å². The van der Waals surface area contributed by atoms with Gasteiger partial charge in [-0.25, -0.2) is 4.68 Å². The fourth-order valence-electron chi connectivity index (χ4n) is 4.24. The maximum absolute atomic E-state index is 13.4. The van der Waals surface area contributed by atoms with E-state index >= 15 is 0 Å². The first-order valence-corrected chi connectivity index (χ1v) is 11.5. The maximum Gasteiger partial charge on any atom is 0.255 e. The smallest absolute Gasteiger partial charge is 0.255 e. The monoisotopic (exact) mass is 465 g/mol. The Bertz CT molecular complexity index is 1390. The highest BCUT2D eigenvalue weighted by atomic mass is 16.5. The minimum Gasteiger partial charge on any atom is -0.489 e. The average Bonchev–Trinajstić information content (AvgIpc) is 3.32. The van der Waals surface area contributed by atoms with E-state index in [-0.39, 0.29) is 5.91 Å². The molecule has 0 radical (unpaired) electrons. The summed E-state index contributed by atoms with van der Waals surface area (Å²) in [5.41, 5.74) is 6.42. The zero-order chi connectivity index (χ0) is 24.4. The zero-order valence-electron chi connectivity index (χ0n) is 19.9. The number of hydrogen-bond acceptors (Lipinski definition) is 5. The Hall–Kier alpha value is -4.39. The van der Waals surface area contributed by atoms with Crippen LogP contribution in [0.2, 0.25) is 0 Å². The summed E-state index contributed by atoms with van der Waals surface area (Å²) in [7, 11) is 0. The van der Waals surface area contributed by atoms with Crippen molar-refractivity contribution in [3.63, 3.8) is 0 Å². The van der Waals surface area contributed by atoms with Crippen LogP contribution in [0.1, 0.15) is 35.2 Å². The Morgan fingerprint density at radius 2 is 1.77 bits per heavy atom. The Balaban J connectivity index is 1.40. The molecule has 0 saturated carbocycles. The number of carbonyl (C=O) groups excluding carboxylic acids is 1. The van der Waals surface area contributed by atoms with E-state index in [0.717, 1.165) is 33.8 Å². The molecular formula is C28H27N5O2. The lowest BCUT2D eigenvalue weighted by molar-refractivity contribution is -0.113. The van der Waals surface area contributed by atoms with Crippen LogP contribution >= 0.6 is 0 Å². The zero-order valence-corrected chi connectivity index (χ0v) is 19.9. The van der Waals surface area contributed by atoms with Gasteiger partial charge in [-0.05, 0) is 56.2 Å². The molecule has 2 heterocycles. The number of hydrogen-bond donors (Lipinski definition) is 2. The first kappa shape index (κ1) is 22.4. The lowest BCUT2D eigenvalue weighted by atomic mass is 9.95. The fourth-order valence-corrected chi connectivity index (χ4v) is 4.24. The molecule has 4 aromatic rings. The lowest BCUT2D eigenvalue weighted by Gasteiger charge is -2.28. The number of carbonyl (C=O) groups is 1. The predicted molar refractivity (Wildman–Crippen MR) is 136 cm³/mol. The molecule has 2 N–H and O–H groups in total. The third-order valence-electron chi connectivity index (χ3n) is 6.03. The van der Waals surface area contributed by atoms with Crippen molar-refractivity contribution >= 4 is 17.5 Å². The number of nitrogens with zero attached hydrogens (tertiary/aromatic N) is 3. The summed E-state index contributed by atoms with van der Waals surface area (Å²) in [4.78, 5) is 17.7. The molecule has 0 aliphatic carbocycles. The van der Waals surface area contributed by atoms with Crippen molar-refractivity contribution in [2.45, 2.75) is 33.4 Å². The standard InChI is InChI=1S/C28H27N5O2/c1-18-7-11-23(12-8-18)32-27(34)25-20(3)31-28-29-17-30-33(28)26(25)22-9-13-24(14-10-22)35-16-21-6-4-5-19(2)15-21/h4-15,17,26H,16H2,1-3H3,(H,32,34)(H,29,30,31). The molecule has 7 nitrogen and oxygen atoms in total. The number of benzene rings is 3. The van der Waals surface area contributed by atoms with Crippen LogP contribution in [-0.4, -0.2) is 20.7 Å². The Labute approximate surface area is 204 Å². The van der Waals surface area contributed by atoms with E-state index in [1.54, 1.807) is 4.68 Å². The average molecular weight is 466 g/mol. The van der Waals surface area contributed by atoms with Gasteiger partial charge in [0, 0.05) is 11.4 Å². The normalized spacial score (nSPS) is 14.8. The largest absolute Gasteiger partial charge is 0.489 e. The highest BCUT2D eigenvalue weighted by Crippen LogP contribution is 2.35. The summed E-state index contributed by atoms with van der Waals surface area (Å²) in [5.74, 6) is 1.17. The van der Waals surface area contributed by atoms with Gasteiger partial charge in [0.1, 0.15) is 24.7 Å². The van der Waals surface area contributed by atoms with Crippen molar-refractivity contribution in [2.75, 3.05) is 10.6 Å². The highest BCUT2D eigenvalue weighted by Gasteiger charge is 2.33. The molecule has 0 saturated heterocycles. The van der Waals surface area contributed by atoms with E-state index in [9.17, 15) is 4.79 Å². The highest BCUT2D eigenvalue weighted by molar-refractivity contribution is 6.06. The molecule has 1 atom stereocenters. The van der Waals surface area contributed by atoms with Gasteiger partial charge in [0.05, 0.1) is 5.57 Å². The van der Waals surface area contributed by atoms with Crippen LogP contribution in [0.15, 0.2) is 90.4 Å². The summed E-state index contributed by atoms with van der Waals surface area (Å²) in [6.07, 6.45) is 1.49. The lowest BCUT2D eigenvalue weighted by Crippen LogP contribution is -2.31. The molecule has 1 aliphatic rings. The number of rotatable bonds is 6. The molecule has 7 heteroatoms. The molecule has 1 amide bonds. The molecule has 1 aliphatic heterocycles. The van der Waals surface area contributed by atoms with E-state index in [4.69, 9.17) is 4.74 Å². The molecule has 1 unspecified atom stereocenters. The molecule has 1 aromatic heterocycles. The van der Waals surface area contributed by atoms with E-state index < -0.39 is 6.04 Å². The van der Waals surface area contributed by atoms with Crippen molar-refractivity contribution in [3.8, 4) is 5.75 Å². The summed E-state index contributed by atoms with van der Waals surface area (Å²) in [6, 6.07) is 23.4. The minimum atomic E-state index is -0.426. The van der Waals surface area contributed by atoms with Gasteiger partial charge in [0.2, 0.25) is 5.95 Å². The van der Waals surface area contributed by atoms with Gasteiger partial charge < -0.3 is 15.4 Å². The van der Waals surface area contributed by atoms with Crippen LogP contribution < -0.4 is 15.4 Å². The number of anilines is 2. The quantitative estimate of drug-likeness (QED) is 0.398. The van der Waals surface area contributed by atoms with Gasteiger partial charge in [0.25, 0.3) is 5.91 Å². The summed E-state index contributed by atoms with van der Waals surface area (Å²) in [5, 5.41) is 10.6. The van der Waals surface area contributed by atoms with E-state index in [0.29, 0.717) is 18.1 Å². The third-order valence-corrected chi connectivity index (χ3v) is 6.03. The minimum absolute atomic E-state index is 0.190. The van der Waals surface area contributed by atoms with Crippen LogP contribution in [0.4, 0.5) is 11.6 Å². The molecule has 3 aromatic carbocycles. The Kier molecular flexibility index (Phi) is 6.06. The molecule has 5 rings (SSSR count). The number of allylic oxidation sites excluding steroid dienone is 1. The molecular weight excluding hydrogens is 438 g/mol. The number of amides is 1. The van der Waals surface area contributed by atoms with Crippen LogP contribution in [0.5, 0.6) is 5.75 Å². The van der Waals surface area contributed by atoms with E-state index in [2.05, 4.69) is 45.8 Å². The number of ether oxygens (including phenoxy) is 1. The number of aromatic nitrogens is 3. The first-order valence-electron chi connectivity index (χ1n) is 11.5. The van der Waals surface area contributed by atoms with Crippen molar-refractivity contribution in [1.29, 1.82) is 0 Å². The van der Waals surface area contributed by atoms with Gasteiger partial charge >= 0.3 is 0 Å². The maximum atomic E-state index is 13.4. The summed E-state index contributed by atoms with van der Waals surface area (Å²) < 4.78 is 7.73. The van der Waals surface area contributed by atoms with Gasteiger partial charge in [-0.15, -0.1) is 0 Å². The second-order valence-electron chi connectivity index (χ2n) is 8.76. The van der Waals surface area contributed by atoms with Gasteiger partial charge in [-0.1, -0.05) is 59.7 Å². The molecule has 176 valence electrons. The van der Waals surface area contributed by atoms with Gasteiger partial charge in [0.15, 0.2) is 0 Å². The van der Waals surface area contributed by atoms with Crippen LogP contribution in [0, 0.1) is 13.8 Å². The Morgan fingerprint density at radius 3 is 2.51 bits per heavy atom. The first-order chi connectivity index (χ1) is 17.0. The molecule has 0 spiro atoms. The summed E-state index contributed by atoms with van der Waals surface area (Å²) in [6.45, 7) is 6.46. The van der Waals surface area contributed by atoms with Crippen molar-refractivity contribution < 1.29 is 9.53 Å². The van der Waals surface area contributed by atoms with Crippen LogP contribution in [0.25, 0.3) is 0 Å². The van der Waals surface area contributed by atoms with Crippen molar-refractivity contribution in [3.05, 3.63) is 113 Å². The van der Waals surface area contributed by atoms with Crippen LogP contribution in [0.3, 0.4) is 0 Å². The second kappa shape index (κ2) is 9.46. The molecule has 0 fully saturated rings. The Morgan fingerprint density at radius 1 is 1.00 bits per heavy atom.